The first-order valence-electron chi connectivity index (χ1n) is 13.2. The molecule has 2 aromatic rings. The molecule has 38 heavy (non-hydrogen) atoms. The first-order valence-corrected chi connectivity index (χ1v) is 14.6. The molecule has 0 bridgehead atoms. The van der Waals surface area contributed by atoms with Crippen molar-refractivity contribution in [2.45, 2.75) is 77.3 Å². The van der Waals surface area contributed by atoms with Gasteiger partial charge in [0.1, 0.15) is 10.6 Å². The SMILES string of the molecule is CCCCOC(=O)c1ccccc1S(=O)(=O)Oc1ccc(CN(C[C@@H]2CCCO2)C(=O)CC(C)(C)C)cc1. The summed E-state index contributed by atoms with van der Waals surface area (Å²) in [5.41, 5.74) is 0.633. The molecular weight excluding hydrogens is 506 g/mol. The lowest BCUT2D eigenvalue weighted by molar-refractivity contribution is -0.135. The average Bonchev–Trinajstić information content (AvgIpc) is 3.37. The molecule has 0 radical (unpaired) electrons. The number of rotatable bonds is 12. The molecule has 9 heteroatoms. The molecule has 3 rings (SSSR count). The fraction of sp³-hybridized carbons (Fsp3) is 0.517. The van der Waals surface area contributed by atoms with Gasteiger partial charge in [-0.2, -0.15) is 8.42 Å². The van der Waals surface area contributed by atoms with Gasteiger partial charge in [0.15, 0.2) is 0 Å². The van der Waals surface area contributed by atoms with Gasteiger partial charge in [-0.1, -0.05) is 58.4 Å². The number of hydrogen-bond acceptors (Lipinski definition) is 7. The lowest BCUT2D eigenvalue weighted by atomic mass is 9.91. The summed E-state index contributed by atoms with van der Waals surface area (Å²) in [6, 6.07) is 12.4. The second-order valence-electron chi connectivity index (χ2n) is 10.8. The highest BCUT2D eigenvalue weighted by atomic mass is 32.2. The summed E-state index contributed by atoms with van der Waals surface area (Å²) < 4.78 is 42.4. The molecule has 0 spiro atoms. The third-order valence-electron chi connectivity index (χ3n) is 6.09. The summed E-state index contributed by atoms with van der Waals surface area (Å²) >= 11 is 0. The van der Waals surface area contributed by atoms with Gasteiger partial charge in [0.25, 0.3) is 0 Å². The smallest absolute Gasteiger partial charge is 0.340 e. The van der Waals surface area contributed by atoms with Crippen molar-refractivity contribution >= 4 is 22.0 Å². The lowest BCUT2D eigenvalue weighted by Crippen LogP contribution is -2.38. The summed E-state index contributed by atoms with van der Waals surface area (Å²) in [7, 11) is -4.29. The average molecular weight is 546 g/mol. The van der Waals surface area contributed by atoms with Gasteiger partial charge in [0, 0.05) is 26.1 Å². The number of hydrogen-bond donors (Lipinski definition) is 0. The van der Waals surface area contributed by atoms with Gasteiger partial charge < -0.3 is 18.6 Å². The van der Waals surface area contributed by atoms with E-state index in [-0.39, 0.29) is 40.2 Å². The fourth-order valence-electron chi connectivity index (χ4n) is 4.14. The monoisotopic (exact) mass is 545 g/mol. The van der Waals surface area contributed by atoms with E-state index in [1.54, 1.807) is 30.3 Å². The first kappa shape index (κ1) is 29.6. The van der Waals surface area contributed by atoms with E-state index in [9.17, 15) is 18.0 Å². The zero-order valence-electron chi connectivity index (χ0n) is 22.8. The Morgan fingerprint density at radius 1 is 1.08 bits per heavy atom. The maximum absolute atomic E-state index is 13.1. The fourth-order valence-corrected chi connectivity index (χ4v) is 5.26. The Bertz CT molecular complexity index is 1180. The van der Waals surface area contributed by atoms with E-state index in [0.717, 1.165) is 24.8 Å². The number of ether oxygens (including phenoxy) is 2. The van der Waals surface area contributed by atoms with Crippen LogP contribution in [-0.4, -0.2) is 51.1 Å². The number of benzene rings is 2. The first-order chi connectivity index (χ1) is 18.0. The molecule has 0 N–H and O–H groups in total. The van der Waals surface area contributed by atoms with Gasteiger partial charge in [-0.05, 0) is 54.5 Å². The number of carbonyl (C=O) groups excluding carboxylic acids is 2. The molecule has 8 nitrogen and oxygen atoms in total. The molecule has 2 aromatic carbocycles. The maximum Gasteiger partial charge on any atom is 0.340 e. The van der Waals surface area contributed by atoms with Crippen LogP contribution in [0.5, 0.6) is 5.75 Å². The Kier molecular flexibility index (Phi) is 10.3. The Labute approximate surface area is 226 Å². The molecule has 0 aromatic heterocycles. The molecule has 1 aliphatic rings. The largest absolute Gasteiger partial charge is 0.462 e. The van der Waals surface area contributed by atoms with Crippen molar-refractivity contribution in [1.82, 2.24) is 4.90 Å². The number of carbonyl (C=O) groups is 2. The Balaban J connectivity index is 1.72. The number of unbranched alkanes of at least 4 members (excludes halogenated alkanes) is 1. The summed E-state index contributed by atoms with van der Waals surface area (Å²) in [5, 5.41) is 0. The predicted molar refractivity (Wildman–Crippen MR) is 144 cm³/mol. The summed E-state index contributed by atoms with van der Waals surface area (Å²) in [6.45, 7) is 9.90. The lowest BCUT2D eigenvalue weighted by Gasteiger charge is -2.29. The third kappa shape index (κ3) is 8.84. The van der Waals surface area contributed by atoms with E-state index in [4.69, 9.17) is 13.7 Å². The quantitative estimate of drug-likeness (QED) is 0.201. The second kappa shape index (κ2) is 13.2. The molecule has 0 aliphatic carbocycles. The highest BCUT2D eigenvalue weighted by Crippen LogP contribution is 2.25. The maximum atomic E-state index is 13.1. The minimum Gasteiger partial charge on any atom is -0.462 e. The summed E-state index contributed by atoms with van der Waals surface area (Å²) in [4.78, 5) is 27.1. The Hall–Kier alpha value is -2.91. The molecule has 1 fully saturated rings. The van der Waals surface area contributed by atoms with Crippen molar-refractivity contribution in [3.8, 4) is 5.75 Å². The zero-order chi connectivity index (χ0) is 27.8. The van der Waals surface area contributed by atoms with Crippen molar-refractivity contribution < 1.29 is 31.7 Å². The molecule has 0 unspecified atom stereocenters. The zero-order valence-corrected chi connectivity index (χ0v) is 23.6. The summed E-state index contributed by atoms with van der Waals surface area (Å²) in [6.07, 6.45) is 3.91. The van der Waals surface area contributed by atoms with Crippen molar-refractivity contribution in [1.29, 1.82) is 0 Å². The van der Waals surface area contributed by atoms with E-state index in [1.807, 2.05) is 32.6 Å². The Morgan fingerprint density at radius 2 is 1.79 bits per heavy atom. The molecule has 1 atom stereocenters. The van der Waals surface area contributed by atoms with Crippen molar-refractivity contribution in [3.05, 3.63) is 59.7 Å². The summed E-state index contributed by atoms with van der Waals surface area (Å²) in [5.74, 6) is -0.546. The highest BCUT2D eigenvalue weighted by Gasteiger charge is 2.27. The van der Waals surface area contributed by atoms with Crippen molar-refractivity contribution in [2.24, 2.45) is 5.41 Å². The number of nitrogens with zero attached hydrogens (tertiary/aromatic N) is 1. The normalized spacial score (nSPS) is 15.7. The minimum atomic E-state index is -4.29. The highest BCUT2D eigenvalue weighted by molar-refractivity contribution is 7.87. The second-order valence-corrected chi connectivity index (χ2v) is 12.3. The van der Waals surface area contributed by atoms with Crippen LogP contribution in [0.1, 0.15) is 75.7 Å². The predicted octanol–water partition coefficient (Wildman–Crippen LogP) is 5.36. The van der Waals surface area contributed by atoms with Crippen LogP contribution in [0.15, 0.2) is 53.4 Å². The van der Waals surface area contributed by atoms with Gasteiger partial charge in [-0.3, -0.25) is 4.79 Å². The van der Waals surface area contributed by atoms with Crippen LogP contribution < -0.4 is 4.18 Å². The molecule has 208 valence electrons. The molecule has 1 heterocycles. The van der Waals surface area contributed by atoms with Crippen LogP contribution in [0.2, 0.25) is 0 Å². The topological polar surface area (TPSA) is 99.2 Å². The van der Waals surface area contributed by atoms with Crippen LogP contribution in [0, 0.1) is 5.41 Å². The van der Waals surface area contributed by atoms with Crippen LogP contribution in [-0.2, 0) is 30.9 Å². The van der Waals surface area contributed by atoms with Crippen LogP contribution in [0.25, 0.3) is 0 Å². The van der Waals surface area contributed by atoms with E-state index >= 15 is 0 Å². The van der Waals surface area contributed by atoms with E-state index in [2.05, 4.69) is 0 Å². The van der Waals surface area contributed by atoms with Gasteiger partial charge in [-0.15, -0.1) is 0 Å². The molecule has 1 aliphatic heterocycles. The van der Waals surface area contributed by atoms with E-state index in [0.29, 0.717) is 32.5 Å². The molecular formula is C29H39NO7S. The van der Waals surface area contributed by atoms with Crippen LogP contribution in [0.3, 0.4) is 0 Å². The Morgan fingerprint density at radius 3 is 2.42 bits per heavy atom. The molecule has 1 amide bonds. The van der Waals surface area contributed by atoms with Gasteiger partial charge >= 0.3 is 16.1 Å². The van der Waals surface area contributed by atoms with E-state index < -0.39 is 16.1 Å². The standard InChI is InChI=1S/C29H39NO7S/c1-5-6-17-36-28(32)25-11-7-8-12-26(25)38(33,34)37-23-15-13-22(14-16-23)20-30(21-24-10-9-18-35-24)27(31)19-29(2,3)4/h7-8,11-16,24H,5-6,9-10,17-21H2,1-4H3/t24-/m0/s1. The van der Waals surface area contributed by atoms with Crippen LogP contribution >= 0.6 is 0 Å². The van der Waals surface area contributed by atoms with E-state index in [1.165, 1.54) is 18.2 Å². The third-order valence-corrected chi connectivity index (χ3v) is 7.40. The minimum absolute atomic E-state index is 0.0281. The van der Waals surface area contributed by atoms with Gasteiger partial charge in [0.05, 0.1) is 18.3 Å². The van der Waals surface area contributed by atoms with Crippen molar-refractivity contribution in [3.63, 3.8) is 0 Å². The molecule has 0 saturated carbocycles. The van der Waals surface area contributed by atoms with Gasteiger partial charge in [-0.25, -0.2) is 4.79 Å². The van der Waals surface area contributed by atoms with Crippen LogP contribution in [0.4, 0.5) is 0 Å². The van der Waals surface area contributed by atoms with Crippen molar-refractivity contribution in [2.75, 3.05) is 19.8 Å². The number of esters is 1. The van der Waals surface area contributed by atoms with Gasteiger partial charge in [0.2, 0.25) is 5.91 Å². The molecule has 1 saturated heterocycles. The number of amides is 1.